The van der Waals surface area contributed by atoms with Crippen molar-refractivity contribution in [3.63, 3.8) is 0 Å². The van der Waals surface area contributed by atoms with E-state index in [1.807, 2.05) is 19.2 Å². The van der Waals surface area contributed by atoms with Crippen molar-refractivity contribution in [1.29, 1.82) is 0 Å². The average Bonchev–Trinajstić information content (AvgIpc) is 2.48. The van der Waals surface area contributed by atoms with Crippen LogP contribution in [0.15, 0.2) is 30.5 Å². The summed E-state index contributed by atoms with van der Waals surface area (Å²) < 4.78 is 5.45. The van der Waals surface area contributed by atoms with Crippen LogP contribution in [0.4, 0.5) is 0 Å². The first-order valence-corrected chi connectivity index (χ1v) is 7.49. The molecule has 20 heavy (non-hydrogen) atoms. The van der Waals surface area contributed by atoms with Gasteiger partial charge in [-0.3, -0.25) is 4.98 Å². The highest BCUT2D eigenvalue weighted by molar-refractivity contribution is 5.66. The molecule has 3 rings (SSSR count). The van der Waals surface area contributed by atoms with Crippen molar-refractivity contribution in [3.8, 4) is 17.0 Å². The lowest BCUT2D eigenvalue weighted by molar-refractivity contribution is 0.339. The largest absolute Gasteiger partial charge is 0.492 e. The van der Waals surface area contributed by atoms with Crippen LogP contribution in [0.25, 0.3) is 11.3 Å². The van der Waals surface area contributed by atoms with Crippen LogP contribution in [0.1, 0.15) is 36.5 Å². The SMILES string of the molecule is CCOc1ccc(-c2cc3c(cc2C)CCCC3)nc1. The second-order valence-electron chi connectivity index (χ2n) is 5.46. The fraction of sp³-hybridized carbons (Fsp3) is 0.389. The van der Waals surface area contributed by atoms with Crippen molar-refractivity contribution in [2.45, 2.75) is 39.5 Å². The number of aryl methyl sites for hydroxylation is 3. The number of hydrogen-bond acceptors (Lipinski definition) is 2. The van der Waals surface area contributed by atoms with Gasteiger partial charge in [0.15, 0.2) is 0 Å². The predicted molar refractivity (Wildman–Crippen MR) is 82.2 cm³/mol. The Kier molecular flexibility index (Phi) is 3.72. The maximum absolute atomic E-state index is 5.45. The van der Waals surface area contributed by atoms with Gasteiger partial charge in [0, 0.05) is 5.56 Å². The van der Waals surface area contributed by atoms with E-state index in [0.29, 0.717) is 6.61 Å². The molecule has 0 saturated carbocycles. The minimum atomic E-state index is 0.679. The van der Waals surface area contributed by atoms with Gasteiger partial charge in [-0.1, -0.05) is 6.07 Å². The molecule has 0 bridgehead atoms. The summed E-state index contributed by atoms with van der Waals surface area (Å²) in [5, 5.41) is 0. The lowest BCUT2D eigenvalue weighted by Gasteiger charge is -2.18. The molecular formula is C18H21NO. The molecule has 2 aromatic rings. The Labute approximate surface area is 120 Å². The fourth-order valence-electron chi connectivity index (χ4n) is 2.98. The summed E-state index contributed by atoms with van der Waals surface area (Å²) in [6.45, 7) is 4.85. The number of benzene rings is 1. The van der Waals surface area contributed by atoms with Crippen LogP contribution in [-0.2, 0) is 12.8 Å². The zero-order valence-electron chi connectivity index (χ0n) is 12.3. The molecule has 1 heterocycles. The quantitative estimate of drug-likeness (QED) is 0.825. The van der Waals surface area contributed by atoms with Gasteiger partial charge in [0.25, 0.3) is 0 Å². The molecule has 1 aromatic heterocycles. The fourth-order valence-corrected chi connectivity index (χ4v) is 2.98. The minimum Gasteiger partial charge on any atom is -0.492 e. The van der Waals surface area contributed by atoms with Gasteiger partial charge in [-0.2, -0.15) is 0 Å². The number of nitrogens with zero attached hydrogens (tertiary/aromatic N) is 1. The van der Waals surface area contributed by atoms with Crippen LogP contribution >= 0.6 is 0 Å². The molecule has 104 valence electrons. The summed E-state index contributed by atoms with van der Waals surface area (Å²) in [5.74, 6) is 0.840. The van der Waals surface area contributed by atoms with Crippen molar-refractivity contribution < 1.29 is 4.74 Å². The number of rotatable bonds is 3. The lowest BCUT2D eigenvalue weighted by atomic mass is 9.87. The summed E-state index contributed by atoms with van der Waals surface area (Å²) in [7, 11) is 0. The Morgan fingerprint density at radius 1 is 1.10 bits per heavy atom. The molecule has 1 aliphatic rings. The number of ether oxygens (including phenoxy) is 1. The van der Waals surface area contributed by atoms with Gasteiger partial charge in [-0.25, -0.2) is 0 Å². The molecule has 0 radical (unpaired) electrons. The molecule has 1 aromatic carbocycles. The van der Waals surface area contributed by atoms with Gasteiger partial charge in [0.05, 0.1) is 18.5 Å². The maximum Gasteiger partial charge on any atom is 0.137 e. The zero-order valence-corrected chi connectivity index (χ0v) is 12.3. The maximum atomic E-state index is 5.45. The summed E-state index contributed by atoms with van der Waals surface area (Å²) in [5.41, 5.74) is 6.66. The standard InChI is InChI=1S/C18H21NO/c1-3-20-16-8-9-18(19-12-16)17-11-15-7-5-4-6-14(15)10-13(17)2/h8-12H,3-7H2,1-2H3. The molecule has 0 fully saturated rings. The van der Waals surface area contributed by atoms with Gasteiger partial charge >= 0.3 is 0 Å². The molecule has 0 N–H and O–H groups in total. The van der Waals surface area contributed by atoms with E-state index < -0.39 is 0 Å². The van der Waals surface area contributed by atoms with Crippen LogP contribution < -0.4 is 4.74 Å². The number of hydrogen-bond donors (Lipinski definition) is 0. The van der Waals surface area contributed by atoms with Crippen LogP contribution in [0.2, 0.25) is 0 Å². The van der Waals surface area contributed by atoms with Crippen LogP contribution in [-0.4, -0.2) is 11.6 Å². The third kappa shape index (κ3) is 2.55. The van der Waals surface area contributed by atoms with Crippen molar-refractivity contribution in [3.05, 3.63) is 47.2 Å². The van der Waals surface area contributed by atoms with Crippen molar-refractivity contribution >= 4 is 0 Å². The number of fused-ring (bicyclic) bond motifs is 1. The van der Waals surface area contributed by atoms with E-state index in [-0.39, 0.29) is 0 Å². The highest BCUT2D eigenvalue weighted by Crippen LogP contribution is 2.30. The van der Waals surface area contributed by atoms with E-state index in [4.69, 9.17) is 4.74 Å². The van der Waals surface area contributed by atoms with Crippen molar-refractivity contribution in [2.24, 2.45) is 0 Å². The molecule has 0 saturated heterocycles. The molecule has 0 spiro atoms. The minimum absolute atomic E-state index is 0.679. The predicted octanol–water partition coefficient (Wildman–Crippen LogP) is 4.33. The number of pyridine rings is 1. The van der Waals surface area contributed by atoms with E-state index in [2.05, 4.69) is 30.1 Å². The Morgan fingerprint density at radius 2 is 1.85 bits per heavy atom. The monoisotopic (exact) mass is 267 g/mol. The Morgan fingerprint density at radius 3 is 2.50 bits per heavy atom. The summed E-state index contributed by atoms with van der Waals surface area (Å²) in [6, 6.07) is 8.75. The van der Waals surface area contributed by atoms with Crippen molar-refractivity contribution in [1.82, 2.24) is 4.98 Å². The molecule has 0 amide bonds. The van der Waals surface area contributed by atoms with E-state index >= 15 is 0 Å². The molecule has 0 unspecified atom stereocenters. The Balaban J connectivity index is 1.96. The average molecular weight is 267 g/mol. The van der Waals surface area contributed by atoms with Crippen molar-refractivity contribution in [2.75, 3.05) is 6.61 Å². The second kappa shape index (κ2) is 5.66. The molecule has 2 nitrogen and oxygen atoms in total. The van der Waals surface area contributed by atoms with Gasteiger partial charge in [0.1, 0.15) is 5.75 Å². The normalized spacial score (nSPS) is 13.9. The van der Waals surface area contributed by atoms with E-state index in [1.165, 1.54) is 47.9 Å². The summed E-state index contributed by atoms with van der Waals surface area (Å²) in [6.07, 6.45) is 6.89. The highest BCUT2D eigenvalue weighted by Gasteiger charge is 2.13. The van der Waals surface area contributed by atoms with E-state index in [0.717, 1.165) is 11.4 Å². The summed E-state index contributed by atoms with van der Waals surface area (Å²) >= 11 is 0. The highest BCUT2D eigenvalue weighted by atomic mass is 16.5. The van der Waals surface area contributed by atoms with E-state index in [9.17, 15) is 0 Å². The Bertz CT molecular complexity index is 602. The van der Waals surface area contributed by atoms with Gasteiger partial charge in [-0.15, -0.1) is 0 Å². The van der Waals surface area contributed by atoms with Crippen LogP contribution in [0.3, 0.4) is 0 Å². The first-order chi connectivity index (χ1) is 9.78. The van der Waals surface area contributed by atoms with Gasteiger partial charge in [-0.05, 0) is 74.4 Å². The molecule has 0 aliphatic heterocycles. The number of aromatic nitrogens is 1. The topological polar surface area (TPSA) is 22.1 Å². The summed E-state index contributed by atoms with van der Waals surface area (Å²) in [4.78, 5) is 4.55. The Hall–Kier alpha value is -1.83. The third-order valence-corrected chi connectivity index (χ3v) is 4.01. The smallest absolute Gasteiger partial charge is 0.137 e. The van der Waals surface area contributed by atoms with Gasteiger partial charge in [0.2, 0.25) is 0 Å². The molecule has 2 heteroatoms. The molecule has 0 atom stereocenters. The van der Waals surface area contributed by atoms with Crippen LogP contribution in [0.5, 0.6) is 5.75 Å². The van der Waals surface area contributed by atoms with E-state index in [1.54, 1.807) is 0 Å². The molecule has 1 aliphatic carbocycles. The zero-order chi connectivity index (χ0) is 13.9. The van der Waals surface area contributed by atoms with Gasteiger partial charge < -0.3 is 4.74 Å². The lowest BCUT2D eigenvalue weighted by Crippen LogP contribution is -2.04. The van der Waals surface area contributed by atoms with Crippen LogP contribution in [0, 0.1) is 6.92 Å². The first-order valence-electron chi connectivity index (χ1n) is 7.49. The third-order valence-electron chi connectivity index (χ3n) is 4.01. The first kappa shape index (κ1) is 13.2. The molecular weight excluding hydrogens is 246 g/mol. The second-order valence-corrected chi connectivity index (χ2v) is 5.46.